The van der Waals surface area contributed by atoms with E-state index in [4.69, 9.17) is 0 Å². The van der Waals surface area contributed by atoms with Gasteiger partial charge in [-0.1, -0.05) is 30.3 Å². The van der Waals surface area contributed by atoms with Crippen molar-refractivity contribution < 1.29 is 22.0 Å². The number of sulfonamides is 1. The number of para-hydroxylation sites is 1. The van der Waals surface area contributed by atoms with Crippen LogP contribution in [0.3, 0.4) is 0 Å². The zero-order chi connectivity index (χ0) is 23.4. The molecule has 172 valence electrons. The van der Waals surface area contributed by atoms with E-state index in [-0.39, 0.29) is 22.3 Å². The minimum Gasteiger partial charge on any atom is -0.366 e. The molecule has 1 saturated heterocycles. The molecule has 0 unspecified atom stereocenters. The van der Waals surface area contributed by atoms with Gasteiger partial charge >= 0.3 is 0 Å². The average molecular weight is 472 g/mol. The molecule has 0 aromatic heterocycles. The SMILES string of the molecule is O=C(CN(c1ccc(F)cc1)S(=O)(=O)c1ccccc1)N1CCN(c2ccccc2F)CC1. The largest absolute Gasteiger partial charge is 0.366 e. The lowest BCUT2D eigenvalue weighted by atomic mass is 10.2. The zero-order valence-corrected chi connectivity index (χ0v) is 18.6. The fourth-order valence-corrected chi connectivity index (χ4v) is 5.21. The van der Waals surface area contributed by atoms with Gasteiger partial charge in [-0.3, -0.25) is 9.10 Å². The van der Waals surface area contributed by atoms with Crippen LogP contribution in [0.25, 0.3) is 0 Å². The quantitative estimate of drug-likeness (QED) is 0.552. The first-order chi connectivity index (χ1) is 15.9. The van der Waals surface area contributed by atoms with Crippen LogP contribution in [-0.2, 0) is 14.8 Å². The van der Waals surface area contributed by atoms with E-state index in [2.05, 4.69) is 0 Å². The maximum absolute atomic E-state index is 14.1. The van der Waals surface area contributed by atoms with Gasteiger partial charge < -0.3 is 9.80 Å². The van der Waals surface area contributed by atoms with E-state index in [1.807, 2.05) is 4.90 Å². The Morgan fingerprint density at radius 3 is 2.06 bits per heavy atom. The molecular weight excluding hydrogens is 448 g/mol. The summed E-state index contributed by atoms with van der Waals surface area (Å²) in [6.07, 6.45) is 0. The number of halogens is 2. The van der Waals surface area contributed by atoms with E-state index in [1.165, 1.54) is 30.3 Å². The number of benzene rings is 3. The minimum absolute atomic E-state index is 0.0338. The molecule has 1 heterocycles. The zero-order valence-electron chi connectivity index (χ0n) is 17.8. The first-order valence-corrected chi connectivity index (χ1v) is 11.9. The summed E-state index contributed by atoms with van der Waals surface area (Å²) >= 11 is 0. The van der Waals surface area contributed by atoms with E-state index in [0.717, 1.165) is 16.4 Å². The van der Waals surface area contributed by atoms with E-state index in [1.54, 1.807) is 41.3 Å². The van der Waals surface area contributed by atoms with Crippen LogP contribution in [0, 0.1) is 11.6 Å². The van der Waals surface area contributed by atoms with Crippen LogP contribution in [0.5, 0.6) is 0 Å². The highest BCUT2D eigenvalue weighted by molar-refractivity contribution is 7.92. The number of nitrogens with zero attached hydrogens (tertiary/aromatic N) is 3. The number of rotatable bonds is 6. The molecule has 1 aliphatic rings. The lowest BCUT2D eigenvalue weighted by molar-refractivity contribution is -0.129. The van der Waals surface area contributed by atoms with Gasteiger partial charge in [0.2, 0.25) is 5.91 Å². The molecule has 3 aromatic rings. The number of hydrogen-bond donors (Lipinski definition) is 0. The molecule has 0 bridgehead atoms. The molecule has 9 heteroatoms. The van der Waals surface area contributed by atoms with Crippen LogP contribution >= 0.6 is 0 Å². The lowest BCUT2D eigenvalue weighted by Gasteiger charge is -2.37. The van der Waals surface area contributed by atoms with Crippen molar-refractivity contribution >= 4 is 27.3 Å². The molecular formula is C24H23F2N3O3S. The topological polar surface area (TPSA) is 60.9 Å². The molecule has 33 heavy (non-hydrogen) atoms. The smallest absolute Gasteiger partial charge is 0.264 e. The Balaban J connectivity index is 1.53. The predicted molar refractivity (Wildman–Crippen MR) is 123 cm³/mol. The van der Waals surface area contributed by atoms with Crippen molar-refractivity contribution in [3.05, 3.63) is 90.5 Å². The van der Waals surface area contributed by atoms with Crippen LogP contribution in [0.4, 0.5) is 20.2 Å². The summed E-state index contributed by atoms with van der Waals surface area (Å²) in [7, 11) is -4.06. The highest BCUT2D eigenvalue weighted by atomic mass is 32.2. The summed E-state index contributed by atoms with van der Waals surface area (Å²) in [5.41, 5.74) is 0.669. The Labute approximate surface area is 191 Å². The van der Waals surface area contributed by atoms with Gasteiger partial charge in [-0.05, 0) is 48.5 Å². The third kappa shape index (κ3) is 4.98. The van der Waals surface area contributed by atoms with Gasteiger partial charge in [-0.2, -0.15) is 0 Å². The number of carbonyl (C=O) groups excluding carboxylic acids is 1. The lowest BCUT2D eigenvalue weighted by Crippen LogP contribution is -2.52. The van der Waals surface area contributed by atoms with Crippen molar-refractivity contribution in [1.29, 1.82) is 0 Å². The van der Waals surface area contributed by atoms with Crippen molar-refractivity contribution in [2.45, 2.75) is 4.90 Å². The van der Waals surface area contributed by atoms with Gasteiger partial charge in [-0.25, -0.2) is 17.2 Å². The number of hydrogen-bond acceptors (Lipinski definition) is 4. The summed E-state index contributed by atoms with van der Waals surface area (Å²) in [4.78, 5) is 16.5. The Morgan fingerprint density at radius 1 is 0.818 bits per heavy atom. The fraction of sp³-hybridized carbons (Fsp3) is 0.208. The average Bonchev–Trinajstić information content (AvgIpc) is 2.84. The van der Waals surface area contributed by atoms with Crippen molar-refractivity contribution in [2.75, 3.05) is 41.9 Å². The number of anilines is 2. The molecule has 0 N–H and O–H groups in total. The maximum Gasteiger partial charge on any atom is 0.264 e. The first kappa shape index (κ1) is 22.7. The molecule has 1 amide bonds. The maximum atomic E-state index is 14.1. The highest BCUT2D eigenvalue weighted by Gasteiger charge is 2.30. The van der Waals surface area contributed by atoms with Crippen LogP contribution in [0.15, 0.2) is 83.8 Å². The van der Waals surface area contributed by atoms with E-state index in [9.17, 15) is 22.0 Å². The van der Waals surface area contributed by atoms with Gasteiger partial charge in [0.15, 0.2) is 0 Å². The molecule has 0 radical (unpaired) electrons. The Hall–Kier alpha value is -3.46. The molecule has 4 rings (SSSR count). The second kappa shape index (κ2) is 9.58. The molecule has 3 aromatic carbocycles. The third-order valence-corrected chi connectivity index (χ3v) is 7.34. The van der Waals surface area contributed by atoms with Crippen molar-refractivity contribution in [3.63, 3.8) is 0 Å². The van der Waals surface area contributed by atoms with Crippen LogP contribution in [0.2, 0.25) is 0 Å². The monoisotopic (exact) mass is 471 g/mol. The third-order valence-electron chi connectivity index (χ3n) is 5.55. The normalized spacial score (nSPS) is 14.2. The van der Waals surface area contributed by atoms with Crippen LogP contribution < -0.4 is 9.21 Å². The Kier molecular flexibility index (Phi) is 6.60. The highest BCUT2D eigenvalue weighted by Crippen LogP contribution is 2.25. The van der Waals surface area contributed by atoms with E-state index >= 15 is 0 Å². The molecule has 0 saturated carbocycles. The van der Waals surface area contributed by atoms with E-state index < -0.39 is 22.4 Å². The molecule has 1 aliphatic heterocycles. The summed E-state index contributed by atoms with van der Waals surface area (Å²) < 4.78 is 55.2. The van der Waals surface area contributed by atoms with Gasteiger partial charge in [0, 0.05) is 26.2 Å². The summed E-state index contributed by atoms with van der Waals surface area (Å²) in [6.45, 7) is 1.08. The molecule has 0 spiro atoms. The first-order valence-electron chi connectivity index (χ1n) is 10.5. The van der Waals surface area contributed by atoms with Crippen LogP contribution in [0.1, 0.15) is 0 Å². The Bertz CT molecular complexity index is 1210. The Morgan fingerprint density at radius 2 is 1.42 bits per heavy atom. The second-order valence-corrected chi connectivity index (χ2v) is 9.48. The minimum atomic E-state index is -4.06. The summed E-state index contributed by atoms with van der Waals surface area (Å²) in [5.74, 6) is -1.22. The van der Waals surface area contributed by atoms with E-state index in [0.29, 0.717) is 31.9 Å². The van der Waals surface area contributed by atoms with Crippen LogP contribution in [-0.4, -0.2) is 51.9 Å². The van der Waals surface area contributed by atoms with Gasteiger partial charge in [0.25, 0.3) is 10.0 Å². The standard InChI is InChI=1S/C24H23F2N3O3S/c25-19-10-12-20(13-11-19)29(33(31,32)21-6-2-1-3-7-21)18-24(30)28-16-14-27(15-17-28)23-9-5-4-8-22(23)26/h1-13H,14-18H2. The fourth-order valence-electron chi connectivity index (χ4n) is 3.77. The van der Waals surface area contributed by atoms with Gasteiger partial charge in [0.1, 0.15) is 18.2 Å². The predicted octanol–water partition coefficient (Wildman–Crippen LogP) is 3.51. The summed E-state index contributed by atoms with van der Waals surface area (Å²) in [5, 5.41) is 0. The number of amides is 1. The van der Waals surface area contributed by atoms with Gasteiger partial charge in [0.05, 0.1) is 16.3 Å². The summed E-state index contributed by atoms with van der Waals surface area (Å²) in [6, 6.07) is 19.2. The number of carbonyl (C=O) groups is 1. The van der Waals surface area contributed by atoms with Gasteiger partial charge in [-0.15, -0.1) is 0 Å². The van der Waals surface area contributed by atoms with Crippen molar-refractivity contribution in [1.82, 2.24) is 4.90 Å². The molecule has 1 fully saturated rings. The molecule has 0 atom stereocenters. The molecule has 6 nitrogen and oxygen atoms in total. The second-order valence-electron chi connectivity index (χ2n) is 7.62. The van der Waals surface area contributed by atoms with Crippen molar-refractivity contribution in [2.24, 2.45) is 0 Å². The number of piperazine rings is 1. The van der Waals surface area contributed by atoms with Crippen molar-refractivity contribution in [3.8, 4) is 0 Å². The molecule has 0 aliphatic carbocycles.